The Morgan fingerprint density at radius 2 is 1.82 bits per heavy atom. The summed E-state index contributed by atoms with van der Waals surface area (Å²) < 4.78 is 7.47. The fourth-order valence-electron chi connectivity index (χ4n) is 3.32. The van der Waals surface area contributed by atoms with Gasteiger partial charge >= 0.3 is 0 Å². The lowest BCUT2D eigenvalue weighted by molar-refractivity contribution is -0.122. The fourth-order valence-corrected chi connectivity index (χ4v) is 4.69. The third kappa shape index (κ3) is 10.9. The zero-order valence-corrected chi connectivity index (χ0v) is 21.8. The van der Waals surface area contributed by atoms with Gasteiger partial charge in [-0.05, 0) is 66.8 Å². The number of hydrogen-bond acceptors (Lipinski definition) is 6. The lowest BCUT2D eigenvalue weighted by atomic mass is 10.0. The highest BCUT2D eigenvalue weighted by atomic mass is 32.2. The maximum Gasteiger partial charge on any atom is 0.221 e. The Balaban J connectivity index is 2.12. The average Bonchev–Trinajstić information content (AvgIpc) is 2.81. The quantitative estimate of drug-likeness (QED) is 0.347. The molecule has 2 rings (SSSR count). The SMILES string of the molecule is COc1ccc(SN(CCC(C)C)CC(O)C(Cc2ccccc2)NC(=O)CCSC)cc1. The van der Waals surface area contributed by atoms with Crippen molar-refractivity contribution in [3.8, 4) is 5.75 Å². The van der Waals surface area contributed by atoms with Gasteiger partial charge in [0, 0.05) is 30.2 Å². The van der Waals surface area contributed by atoms with Crippen LogP contribution in [-0.2, 0) is 11.2 Å². The van der Waals surface area contributed by atoms with Crippen molar-refractivity contribution in [3.63, 3.8) is 0 Å². The van der Waals surface area contributed by atoms with Crippen LogP contribution in [0.5, 0.6) is 5.75 Å². The summed E-state index contributed by atoms with van der Waals surface area (Å²) in [5.41, 5.74) is 1.10. The molecule has 0 saturated heterocycles. The Morgan fingerprint density at radius 1 is 1.12 bits per heavy atom. The van der Waals surface area contributed by atoms with E-state index in [-0.39, 0.29) is 11.9 Å². The van der Waals surface area contributed by atoms with Crippen molar-refractivity contribution >= 4 is 29.6 Å². The monoisotopic (exact) mass is 490 g/mol. The molecular formula is C26H38N2O3S2. The van der Waals surface area contributed by atoms with Crippen LogP contribution in [0.15, 0.2) is 59.5 Å². The van der Waals surface area contributed by atoms with Gasteiger partial charge in [-0.1, -0.05) is 44.2 Å². The van der Waals surface area contributed by atoms with Gasteiger partial charge in [0.25, 0.3) is 0 Å². The molecular weight excluding hydrogens is 452 g/mol. The highest BCUT2D eigenvalue weighted by Crippen LogP contribution is 2.26. The van der Waals surface area contributed by atoms with E-state index in [0.29, 0.717) is 25.3 Å². The summed E-state index contributed by atoms with van der Waals surface area (Å²) in [5.74, 6) is 2.14. The Hall–Kier alpha value is -1.67. The van der Waals surface area contributed by atoms with Gasteiger partial charge in [-0.25, -0.2) is 4.31 Å². The van der Waals surface area contributed by atoms with Gasteiger partial charge in [-0.2, -0.15) is 11.8 Å². The molecule has 0 aliphatic heterocycles. The van der Waals surface area contributed by atoms with Gasteiger partial charge in [0.15, 0.2) is 0 Å². The zero-order valence-electron chi connectivity index (χ0n) is 20.2. The minimum atomic E-state index is -0.693. The summed E-state index contributed by atoms with van der Waals surface area (Å²) in [6.45, 7) is 5.72. The molecule has 2 aromatic carbocycles. The van der Waals surface area contributed by atoms with Crippen LogP contribution >= 0.6 is 23.7 Å². The molecule has 0 aromatic heterocycles. The topological polar surface area (TPSA) is 61.8 Å². The first kappa shape index (κ1) is 27.6. The largest absolute Gasteiger partial charge is 0.497 e. The standard InChI is InChI=1S/C26H38N2O3S2/c1-20(2)14-16-28(33-23-12-10-22(31-3)11-13-23)19-25(29)24(27-26(30)15-17-32-4)18-21-8-6-5-7-9-21/h5-13,20,24-25,29H,14-19H2,1-4H3,(H,27,30). The number of aliphatic hydroxyl groups is 1. The van der Waals surface area contributed by atoms with Crippen molar-refractivity contribution in [3.05, 3.63) is 60.2 Å². The molecule has 182 valence electrons. The molecule has 0 saturated carbocycles. The van der Waals surface area contributed by atoms with Crippen molar-refractivity contribution in [2.24, 2.45) is 5.92 Å². The summed E-state index contributed by atoms with van der Waals surface area (Å²) in [6, 6.07) is 17.6. The smallest absolute Gasteiger partial charge is 0.221 e. The number of benzene rings is 2. The molecule has 1 amide bonds. The molecule has 5 nitrogen and oxygen atoms in total. The molecule has 2 unspecified atom stereocenters. The summed E-state index contributed by atoms with van der Waals surface area (Å²) >= 11 is 3.29. The van der Waals surface area contributed by atoms with Crippen LogP contribution in [0.3, 0.4) is 0 Å². The van der Waals surface area contributed by atoms with Crippen LogP contribution in [0.25, 0.3) is 0 Å². The number of rotatable bonds is 15. The lowest BCUT2D eigenvalue weighted by Crippen LogP contribution is -2.48. The first-order chi connectivity index (χ1) is 15.9. The van der Waals surface area contributed by atoms with E-state index in [1.807, 2.05) is 60.9 Å². The summed E-state index contributed by atoms with van der Waals surface area (Å²) in [7, 11) is 1.66. The zero-order chi connectivity index (χ0) is 24.1. The van der Waals surface area contributed by atoms with Crippen molar-refractivity contribution in [2.75, 3.05) is 32.2 Å². The third-order valence-electron chi connectivity index (χ3n) is 5.28. The molecule has 0 aliphatic rings. The number of carbonyl (C=O) groups excluding carboxylic acids is 1. The molecule has 0 aliphatic carbocycles. The Bertz CT molecular complexity index is 803. The lowest BCUT2D eigenvalue weighted by Gasteiger charge is -2.30. The van der Waals surface area contributed by atoms with Crippen LogP contribution in [0.2, 0.25) is 0 Å². The van der Waals surface area contributed by atoms with Crippen molar-refractivity contribution < 1.29 is 14.6 Å². The highest BCUT2D eigenvalue weighted by molar-refractivity contribution is 7.98. The van der Waals surface area contributed by atoms with Gasteiger partial charge in [0.2, 0.25) is 5.91 Å². The van der Waals surface area contributed by atoms with Crippen LogP contribution < -0.4 is 10.1 Å². The van der Waals surface area contributed by atoms with Gasteiger partial charge in [-0.3, -0.25) is 4.79 Å². The number of ether oxygens (including phenoxy) is 1. The first-order valence-corrected chi connectivity index (χ1v) is 13.6. The number of amides is 1. The molecule has 0 spiro atoms. The Kier molecular flexibility index (Phi) is 12.8. The predicted octanol–water partition coefficient (Wildman–Crippen LogP) is 4.89. The Morgan fingerprint density at radius 3 is 2.42 bits per heavy atom. The van der Waals surface area contributed by atoms with E-state index in [1.165, 1.54) is 0 Å². The van der Waals surface area contributed by atoms with Crippen molar-refractivity contribution in [1.82, 2.24) is 9.62 Å². The minimum absolute atomic E-state index is 0.0131. The highest BCUT2D eigenvalue weighted by Gasteiger charge is 2.24. The first-order valence-electron chi connectivity index (χ1n) is 11.5. The number of nitrogens with zero attached hydrogens (tertiary/aromatic N) is 1. The summed E-state index contributed by atoms with van der Waals surface area (Å²) in [4.78, 5) is 13.6. The normalized spacial score (nSPS) is 13.2. The van der Waals surface area contributed by atoms with E-state index in [1.54, 1.807) is 30.8 Å². The van der Waals surface area contributed by atoms with E-state index in [9.17, 15) is 9.90 Å². The van der Waals surface area contributed by atoms with Crippen molar-refractivity contribution in [1.29, 1.82) is 0 Å². The van der Waals surface area contributed by atoms with Gasteiger partial charge < -0.3 is 15.2 Å². The third-order valence-corrected chi connectivity index (χ3v) is 6.97. The molecule has 0 heterocycles. The van der Waals surface area contributed by atoms with E-state index < -0.39 is 6.10 Å². The molecule has 0 bridgehead atoms. The molecule has 7 heteroatoms. The van der Waals surface area contributed by atoms with E-state index in [0.717, 1.165) is 34.9 Å². The van der Waals surface area contributed by atoms with Crippen LogP contribution in [0.4, 0.5) is 0 Å². The predicted molar refractivity (Wildman–Crippen MR) is 141 cm³/mol. The van der Waals surface area contributed by atoms with Crippen LogP contribution in [0, 0.1) is 5.92 Å². The van der Waals surface area contributed by atoms with E-state index >= 15 is 0 Å². The van der Waals surface area contributed by atoms with Gasteiger partial charge in [0.05, 0.1) is 19.3 Å². The van der Waals surface area contributed by atoms with E-state index in [4.69, 9.17) is 4.74 Å². The fraction of sp³-hybridized carbons (Fsp3) is 0.500. The maximum absolute atomic E-state index is 12.5. The van der Waals surface area contributed by atoms with E-state index in [2.05, 4.69) is 23.5 Å². The second kappa shape index (κ2) is 15.3. The number of nitrogens with one attached hydrogen (secondary N) is 1. The average molecular weight is 491 g/mol. The molecule has 2 atom stereocenters. The van der Waals surface area contributed by atoms with Crippen LogP contribution in [-0.4, -0.2) is 59.7 Å². The summed E-state index contributed by atoms with van der Waals surface area (Å²) in [6.07, 6.45) is 3.38. The number of aliphatic hydroxyl groups excluding tert-OH is 1. The number of carbonyl (C=O) groups is 1. The minimum Gasteiger partial charge on any atom is -0.497 e. The van der Waals surface area contributed by atoms with Crippen molar-refractivity contribution in [2.45, 2.75) is 50.2 Å². The summed E-state index contributed by atoms with van der Waals surface area (Å²) in [5, 5.41) is 14.3. The number of methoxy groups -OCH3 is 1. The molecule has 33 heavy (non-hydrogen) atoms. The van der Waals surface area contributed by atoms with Crippen LogP contribution in [0.1, 0.15) is 32.3 Å². The van der Waals surface area contributed by atoms with Gasteiger partial charge in [-0.15, -0.1) is 0 Å². The van der Waals surface area contributed by atoms with Gasteiger partial charge in [0.1, 0.15) is 5.75 Å². The second-order valence-corrected chi connectivity index (χ2v) is 10.7. The molecule has 0 radical (unpaired) electrons. The number of thioether (sulfide) groups is 1. The Labute approximate surface area is 207 Å². The second-order valence-electron chi connectivity index (χ2n) is 8.51. The molecule has 2 aromatic rings. The molecule has 0 fully saturated rings. The maximum atomic E-state index is 12.5. The number of hydrogen-bond donors (Lipinski definition) is 2. The molecule has 2 N–H and O–H groups in total.